The Morgan fingerprint density at radius 3 is 2.43 bits per heavy atom. The number of amides is 2. The number of aliphatic hydroxyl groups is 1. The highest BCUT2D eigenvalue weighted by atomic mass is 35.5. The van der Waals surface area contributed by atoms with Gasteiger partial charge in [-0.2, -0.15) is 0 Å². The van der Waals surface area contributed by atoms with Crippen molar-refractivity contribution in [3.8, 4) is 11.5 Å². The van der Waals surface area contributed by atoms with Gasteiger partial charge in [0.05, 0.1) is 31.5 Å². The van der Waals surface area contributed by atoms with Gasteiger partial charge in [-0.1, -0.05) is 11.6 Å². The number of nitrogens with one attached hydrogen (secondary N) is 1. The molecule has 2 amide bonds. The number of aliphatic hydroxyl groups excluding tert-OH is 1. The van der Waals surface area contributed by atoms with Crippen LogP contribution in [0.5, 0.6) is 11.5 Å². The maximum absolute atomic E-state index is 11.9. The SMILES string of the molecule is COc1cc(NC(=O)C(=O)N(C)CCO)c(OC)cc1Cl. The third kappa shape index (κ3) is 4.24. The average molecular weight is 317 g/mol. The van der Waals surface area contributed by atoms with Crippen molar-refractivity contribution in [1.29, 1.82) is 0 Å². The van der Waals surface area contributed by atoms with Crippen LogP contribution in [0.2, 0.25) is 5.02 Å². The van der Waals surface area contributed by atoms with Crippen LogP contribution in [-0.4, -0.2) is 56.2 Å². The summed E-state index contributed by atoms with van der Waals surface area (Å²) in [5, 5.41) is 11.5. The number of carbonyl (C=O) groups excluding carboxylic acids is 2. The molecule has 0 fully saturated rings. The van der Waals surface area contributed by atoms with Gasteiger partial charge >= 0.3 is 11.8 Å². The molecule has 1 aromatic rings. The van der Waals surface area contributed by atoms with Gasteiger partial charge in [-0.3, -0.25) is 9.59 Å². The van der Waals surface area contributed by atoms with E-state index in [1.165, 1.54) is 33.4 Å². The Labute approximate surface area is 127 Å². The summed E-state index contributed by atoms with van der Waals surface area (Å²) < 4.78 is 10.1. The summed E-state index contributed by atoms with van der Waals surface area (Å²) in [6.07, 6.45) is 0. The molecule has 0 aliphatic carbocycles. The zero-order valence-corrected chi connectivity index (χ0v) is 12.7. The van der Waals surface area contributed by atoms with Crippen LogP contribution in [0.15, 0.2) is 12.1 Å². The number of rotatable bonds is 5. The fourth-order valence-corrected chi connectivity index (χ4v) is 1.79. The lowest BCUT2D eigenvalue weighted by Gasteiger charge is -2.16. The molecule has 0 aliphatic rings. The van der Waals surface area contributed by atoms with Crippen molar-refractivity contribution in [2.24, 2.45) is 0 Å². The molecule has 0 radical (unpaired) electrons. The molecule has 0 spiro atoms. The van der Waals surface area contributed by atoms with Crippen molar-refractivity contribution < 1.29 is 24.2 Å². The number of benzene rings is 1. The molecular weight excluding hydrogens is 300 g/mol. The third-order valence-electron chi connectivity index (χ3n) is 2.70. The average Bonchev–Trinajstić information content (AvgIpc) is 2.47. The quantitative estimate of drug-likeness (QED) is 0.783. The first-order valence-corrected chi connectivity index (χ1v) is 6.41. The van der Waals surface area contributed by atoms with Crippen molar-refractivity contribution in [3.05, 3.63) is 17.2 Å². The highest BCUT2D eigenvalue weighted by molar-refractivity contribution is 6.39. The minimum absolute atomic E-state index is 0.0628. The fraction of sp³-hybridized carbons (Fsp3) is 0.385. The van der Waals surface area contributed by atoms with Crippen LogP contribution in [0.4, 0.5) is 5.69 Å². The monoisotopic (exact) mass is 316 g/mol. The van der Waals surface area contributed by atoms with Gasteiger partial charge in [-0.15, -0.1) is 0 Å². The van der Waals surface area contributed by atoms with Gasteiger partial charge < -0.3 is 24.8 Å². The molecule has 116 valence electrons. The number of carbonyl (C=O) groups is 2. The lowest BCUT2D eigenvalue weighted by molar-refractivity contribution is -0.142. The first kappa shape index (κ1) is 17.1. The van der Waals surface area contributed by atoms with Crippen LogP contribution in [0.3, 0.4) is 0 Å². The maximum Gasteiger partial charge on any atom is 0.313 e. The van der Waals surface area contributed by atoms with Crippen molar-refractivity contribution in [1.82, 2.24) is 4.90 Å². The molecule has 0 unspecified atom stereocenters. The molecule has 1 aromatic carbocycles. The summed E-state index contributed by atoms with van der Waals surface area (Å²) in [5.41, 5.74) is 0.259. The van der Waals surface area contributed by atoms with Gasteiger partial charge in [-0.25, -0.2) is 0 Å². The number of hydrogen-bond donors (Lipinski definition) is 2. The summed E-state index contributed by atoms with van der Waals surface area (Å²) >= 11 is 5.95. The predicted octanol–water partition coefficient (Wildman–Crippen LogP) is 0.746. The zero-order chi connectivity index (χ0) is 16.0. The maximum atomic E-state index is 11.9. The van der Waals surface area contributed by atoms with Gasteiger partial charge in [0.15, 0.2) is 0 Å². The Balaban J connectivity index is 2.96. The molecule has 0 saturated heterocycles. The summed E-state index contributed by atoms with van der Waals surface area (Å²) in [4.78, 5) is 24.7. The van der Waals surface area contributed by atoms with E-state index in [2.05, 4.69) is 5.32 Å². The fourth-order valence-electron chi connectivity index (χ4n) is 1.56. The van der Waals surface area contributed by atoms with Crippen LogP contribution in [0, 0.1) is 0 Å². The molecule has 0 atom stereocenters. The summed E-state index contributed by atoms with van der Waals surface area (Å²) in [6.45, 7) is -0.166. The summed E-state index contributed by atoms with van der Waals surface area (Å²) in [7, 11) is 4.25. The molecule has 0 aliphatic heterocycles. The number of halogens is 1. The molecule has 0 saturated carbocycles. The molecular formula is C13H17ClN2O5. The normalized spacial score (nSPS) is 9.95. The molecule has 21 heavy (non-hydrogen) atoms. The highest BCUT2D eigenvalue weighted by Gasteiger charge is 2.20. The second-order valence-corrected chi connectivity index (χ2v) is 4.50. The van der Waals surface area contributed by atoms with Crippen LogP contribution in [0.25, 0.3) is 0 Å². The smallest absolute Gasteiger partial charge is 0.313 e. The first-order valence-electron chi connectivity index (χ1n) is 6.03. The lowest BCUT2D eigenvalue weighted by atomic mass is 10.2. The Hall–Kier alpha value is -1.99. The van der Waals surface area contributed by atoms with Crippen LogP contribution < -0.4 is 14.8 Å². The van der Waals surface area contributed by atoms with Gasteiger partial charge in [-0.05, 0) is 0 Å². The summed E-state index contributed by atoms with van der Waals surface area (Å²) in [6, 6.07) is 2.93. The van der Waals surface area contributed by atoms with E-state index in [1.54, 1.807) is 0 Å². The molecule has 0 heterocycles. The standard InChI is InChI=1S/C13H17ClN2O5/c1-16(4-5-17)13(19)12(18)15-9-7-10(20-2)8(14)6-11(9)21-3/h6-7,17H,4-5H2,1-3H3,(H,15,18). The van der Waals surface area contributed by atoms with Crippen LogP contribution >= 0.6 is 11.6 Å². The molecule has 0 aromatic heterocycles. The predicted molar refractivity (Wildman–Crippen MR) is 77.9 cm³/mol. The Bertz CT molecular complexity index is 536. The summed E-state index contributed by atoms with van der Waals surface area (Å²) in [5.74, 6) is -0.996. The molecule has 2 N–H and O–H groups in total. The number of anilines is 1. The van der Waals surface area contributed by atoms with Crippen molar-refractivity contribution in [2.45, 2.75) is 0 Å². The number of ether oxygens (including phenoxy) is 2. The van der Waals surface area contributed by atoms with E-state index in [9.17, 15) is 9.59 Å². The van der Waals surface area contributed by atoms with Crippen molar-refractivity contribution in [2.75, 3.05) is 39.7 Å². The number of nitrogens with zero attached hydrogens (tertiary/aromatic N) is 1. The Morgan fingerprint density at radius 1 is 1.29 bits per heavy atom. The zero-order valence-electron chi connectivity index (χ0n) is 12.0. The minimum atomic E-state index is -0.853. The Morgan fingerprint density at radius 2 is 1.90 bits per heavy atom. The molecule has 0 bridgehead atoms. The second kappa shape index (κ2) is 7.70. The van der Waals surface area contributed by atoms with Crippen LogP contribution in [-0.2, 0) is 9.59 Å². The largest absolute Gasteiger partial charge is 0.495 e. The van der Waals surface area contributed by atoms with E-state index in [4.69, 9.17) is 26.2 Å². The van der Waals surface area contributed by atoms with E-state index in [0.717, 1.165) is 4.90 Å². The molecule has 7 nitrogen and oxygen atoms in total. The third-order valence-corrected chi connectivity index (χ3v) is 2.99. The van der Waals surface area contributed by atoms with Gasteiger partial charge in [0.25, 0.3) is 0 Å². The van der Waals surface area contributed by atoms with Crippen LogP contribution in [0.1, 0.15) is 0 Å². The van der Waals surface area contributed by atoms with E-state index < -0.39 is 11.8 Å². The topological polar surface area (TPSA) is 88.1 Å². The minimum Gasteiger partial charge on any atom is -0.495 e. The lowest BCUT2D eigenvalue weighted by Crippen LogP contribution is -2.38. The van der Waals surface area contributed by atoms with E-state index in [1.807, 2.05) is 0 Å². The number of likely N-dealkylation sites (N-methyl/N-ethyl adjacent to an activating group) is 1. The first-order chi connectivity index (χ1) is 9.94. The molecule has 1 rings (SSSR count). The van der Waals surface area contributed by atoms with Gasteiger partial charge in [0.1, 0.15) is 11.5 Å². The second-order valence-electron chi connectivity index (χ2n) is 4.09. The van der Waals surface area contributed by atoms with Crippen molar-refractivity contribution in [3.63, 3.8) is 0 Å². The Kier molecular flexibility index (Phi) is 6.26. The van der Waals surface area contributed by atoms with E-state index in [0.29, 0.717) is 16.5 Å². The van der Waals surface area contributed by atoms with E-state index in [-0.39, 0.29) is 18.8 Å². The van der Waals surface area contributed by atoms with Crippen molar-refractivity contribution >= 4 is 29.1 Å². The molecule has 8 heteroatoms. The number of methoxy groups -OCH3 is 2. The van der Waals surface area contributed by atoms with Gasteiger partial charge in [0, 0.05) is 25.7 Å². The highest BCUT2D eigenvalue weighted by Crippen LogP contribution is 2.35. The van der Waals surface area contributed by atoms with Gasteiger partial charge in [0.2, 0.25) is 0 Å². The van der Waals surface area contributed by atoms with E-state index >= 15 is 0 Å². The number of hydrogen-bond acceptors (Lipinski definition) is 5.